The Labute approximate surface area is 641 Å². The molecule has 0 spiro atoms. The van der Waals surface area contributed by atoms with Crippen LogP contribution in [0, 0.1) is 5.92 Å². The molecule has 0 saturated carbocycles. The number of ether oxygens (including phenoxy) is 1. The number of aliphatic hydroxyl groups excluding tert-OH is 1. The molecule has 2 aromatic carbocycles. The fourth-order valence-corrected chi connectivity index (χ4v) is 11.5. The Bertz CT molecular complexity index is 3860. The van der Waals surface area contributed by atoms with Gasteiger partial charge in [-0.05, 0) is 62.8 Å². The molecule has 41 nitrogen and oxygen atoms in total. The number of nitrogens with two attached hydrogens (primary N) is 2. The van der Waals surface area contributed by atoms with Crippen LogP contribution >= 0.6 is 0 Å². The summed E-state index contributed by atoms with van der Waals surface area (Å²) < 4.78 is 5.77. The lowest BCUT2D eigenvalue weighted by Crippen LogP contribution is -2.62. The van der Waals surface area contributed by atoms with Gasteiger partial charge in [0.1, 0.15) is 72.6 Å². The molecule has 0 aliphatic carbocycles. The molecule has 1 fully saturated rings. The highest BCUT2D eigenvalue weighted by Gasteiger charge is 2.41. The molecule has 13 atom stereocenters. The Hall–Kier alpha value is -12.2. The zero-order valence-electron chi connectivity index (χ0n) is 62.2. The van der Waals surface area contributed by atoms with Crippen LogP contribution in [0.3, 0.4) is 0 Å². The number of unbranched alkanes of at least 4 members (excludes halogenated alkanes) is 6. The smallest absolute Gasteiger partial charge is 0.329 e. The summed E-state index contributed by atoms with van der Waals surface area (Å²) in [7, 11) is 0. The van der Waals surface area contributed by atoms with Crippen molar-refractivity contribution in [3.05, 3.63) is 71.9 Å². The van der Waals surface area contributed by atoms with Crippen LogP contribution in [0.5, 0.6) is 0 Å². The zero-order chi connectivity index (χ0) is 83.3. The Kier molecular flexibility index (Phi) is 38.7. The minimum absolute atomic E-state index is 0.000544. The van der Waals surface area contributed by atoms with Crippen LogP contribution in [-0.4, -0.2) is 242 Å². The van der Waals surface area contributed by atoms with Gasteiger partial charge in [-0.1, -0.05) is 101 Å². The van der Waals surface area contributed by atoms with E-state index >= 15 is 0 Å². The van der Waals surface area contributed by atoms with Crippen LogP contribution in [0.15, 0.2) is 60.8 Å². The van der Waals surface area contributed by atoms with Gasteiger partial charge < -0.3 is 116 Å². The third kappa shape index (κ3) is 32.2. The van der Waals surface area contributed by atoms with Crippen molar-refractivity contribution in [2.45, 2.75) is 209 Å². The van der Waals surface area contributed by atoms with Gasteiger partial charge in [-0.2, -0.15) is 0 Å². The number of aliphatic hydroxyl groups is 1. The van der Waals surface area contributed by atoms with Gasteiger partial charge in [0.15, 0.2) is 0 Å². The number of amides is 14. The normalized spacial score (nSPS) is 21.5. The first-order valence-electron chi connectivity index (χ1n) is 36.2. The number of hydrogen-bond donors (Lipinski definition) is 21. The first-order valence-corrected chi connectivity index (χ1v) is 36.2. The van der Waals surface area contributed by atoms with Crippen LogP contribution in [0.2, 0.25) is 0 Å². The van der Waals surface area contributed by atoms with Gasteiger partial charge in [0, 0.05) is 36.4 Å². The molecular formula is C71H100N16O25. The van der Waals surface area contributed by atoms with Crippen molar-refractivity contribution in [2.75, 3.05) is 26.2 Å². The van der Waals surface area contributed by atoms with Gasteiger partial charge in [-0.25, -0.2) is 4.79 Å². The largest absolute Gasteiger partial charge is 0.481 e. The molecule has 0 bridgehead atoms. The Morgan fingerprint density at radius 1 is 0.545 bits per heavy atom. The summed E-state index contributed by atoms with van der Waals surface area (Å²) >= 11 is 0. The van der Waals surface area contributed by atoms with E-state index in [1.807, 2.05) is 16.0 Å². The van der Waals surface area contributed by atoms with E-state index in [1.54, 1.807) is 36.5 Å². The number of cyclic esters (lactones) is 1. The predicted molar refractivity (Wildman–Crippen MR) is 391 cm³/mol. The molecule has 614 valence electrons. The lowest BCUT2D eigenvalue weighted by atomic mass is 9.96. The maximum atomic E-state index is 14.8. The van der Waals surface area contributed by atoms with Crippen LogP contribution in [0.4, 0.5) is 0 Å². The molecule has 112 heavy (non-hydrogen) atoms. The Balaban J connectivity index is 1.84. The monoisotopic (exact) mass is 1580 g/mol. The van der Waals surface area contributed by atoms with Crippen LogP contribution in [0.1, 0.15) is 135 Å². The molecule has 23 N–H and O–H groups in total. The average Bonchev–Trinajstić information content (AvgIpc) is 1.63. The number of nitrogens with one attached hydrogen (secondary N) is 14. The minimum Gasteiger partial charge on any atom is -0.481 e. The molecule has 1 aliphatic rings. The molecule has 1 saturated heterocycles. The van der Waals surface area contributed by atoms with E-state index in [4.69, 9.17) is 16.2 Å². The standard InChI is InChI=1S/C71H100N16O25/c1-5-6-7-8-9-10-14-23-52(90)79-44(27-40-32-74-42-21-16-15-20-41(40)42)65(105)82-45(28-51(73)89)66(106)84-48(31-58(99)100)67(107)87-60-38(4)112-71(111)49(26-39-18-12-11-13-19-39)85-70(110)59(36(2)25-55(93)94)86-68(108)50(35-88)80-54(92)33-75-62(102)46(29-56(95)96)81-61(101)37(3)77-64(104)47(30-57(97)98)83-63(103)43(22-17-24-72)78-53(91)34-76-69(60)109/h11-13,15-16,18-21,32,36-38,43-50,59-60,74,88H,5-10,14,17,22-31,33-35,72H2,1-4H3,(H2,73,89)(H,75,102)(H,76,109)(H,77,104)(H,78,91)(H,79,90)(H,80,92)(H,81,101)(H,82,105)(H,83,103)(H,84,106)(H,85,110)(H,86,108)(H,87,107)(H,93,94)(H,95,96)(H,97,98)(H,99,100)/t36-,37-,38-,43+,44+,45-,46+,47+,48+,49+,50-,59+,60+/m1/s1. The average molecular weight is 1580 g/mol. The summed E-state index contributed by atoms with van der Waals surface area (Å²) in [5, 5.41) is 79.2. The van der Waals surface area contributed by atoms with Crippen molar-refractivity contribution < 1.29 is 121 Å². The number of rotatable bonds is 34. The molecule has 3 aromatic rings. The summed E-state index contributed by atoms with van der Waals surface area (Å²) in [6.07, 6.45) is -1.15. The number of carbonyl (C=O) groups is 19. The molecule has 2 heterocycles. The number of fused-ring (bicyclic) bond motifs is 1. The van der Waals surface area contributed by atoms with Crippen molar-refractivity contribution in [2.24, 2.45) is 17.4 Å². The number of carboxylic acid groups (broad SMARTS) is 4. The van der Waals surface area contributed by atoms with Crippen molar-refractivity contribution in [1.82, 2.24) is 74.1 Å². The third-order valence-electron chi connectivity index (χ3n) is 17.5. The highest BCUT2D eigenvalue weighted by molar-refractivity contribution is 6.02. The topological polar surface area (TPSA) is 659 Å². The summed E-state index contributed by atoms with van der Waals surface area (Å²) in [6, 6.07) is -7.25. The van der Waals surface area contributed by atoms with Crippen molar-refractivity contribution >= 4 is 123 Å². The van der Waals surface area contributed by atoms with E-state index in [2.05, 4.69) is 65.1 Å². The molecule has 0 unspecified atom stereocenters. The highest BCUT2D eigenvalue weighted by Crippen LogP contribution is 2.21. The SMILES string of the molecule is CCCCCCCCCC(=O)N[C@@H](Cc1c[nH]c2ccccc12)C(=O)N[C@H](CC(N)=O)C(=O)N[C@@H](CC(=O)O)C(=O)N[C@@H]1C(=O)NCC(=O)N[C@@H](CCCN)C(=O)N[C@@H](CC(=O)O)C(=O)N[C@H](C)C(=O)N[C@@H](CC(=O)O)C(=O)NCC(=O)N[C@H](CO)C(=O)N[C@@H]([C@H](C)CC(=O)O)C(=O)N[C@@H](Cc2ccccc2)C(=O)O[C@@H]1C. The van der Waals surface area contributed by atoms with E-state index in [1.165, 1.54) is 24.3 Å². The van der Waals surface area contributed by atoms with Crippen molar-refractivity contribution in [3.63, 3.8) is 0 Å². The van der Waals surface area contributed by atoms with Gasteiger partial charge in [-0.3, -0.25) is 86.3 Å². The molecular weight excluding hydrogens is 1480 g/mol. The Morgan fingerprint density at radius 2 is 1.08 bits per heavy atom. The number of carboxylic acids is 4. The zero-order valence-corrected chi connectivity index (χ0v) is 62.2. The van der Waals surface area contributed by atoms with Crippen LogP contribution in [-0.2, 0) is 109 Å². The van der Waals surface area contributed by atoms with Gasteiger partial charge >= 0.3 is 29.8 Å². The summed E-state index contributed by atoms with van der Waals surface area (Å²) in [6.45, 7) is 1.48. The number of benzene rings is 2. The second-order valence-electron chi connectivity index (χ2n) is 26.7. The molecule has 4 rings (SSSR count). The first kappa shape index (κ1) is 92.2. The fourth-order valence-electron chi connectivity index (χ4n) is 11.5. The van der Waals surface area contributed by atoms with E-state index < -0.39 is 249 Å². The number of primary amides is 1. The number of carbonyl (C=O) groups excluding carboxylic acids is 15. The van der Waals surface area contributed by atoms with Gasteiger partial charge in [0.2, 0.25) is 82.7 Å². The van der Waals surface area contributed by atoms with Crippen molar-refractivity contribution in [3.8, 4) is 0 Å². The van der Waals surface area contributed by atoms with E-state index in [9.17, 15) is 117 Å². The second-order valence-corrected chi connectivity index (χ2v) is 26.7. The summed E-state index contributed by atoms with van der Waals surface area (Å²) in [4.78, 5) is 261. The first-order chi connectivity index (χ1) is 53.0. The fraction of sp³-hybridized carbons (Fsp3) is 0.535. The van der Waals surface area contributed by atoms with E-state index in [0.29, 0.717) is 29.3 Å². The number of esters is 1. The Morgan fingerprint density at radius 3 is 1.68 bits per heavy atom. The lowest BCUT2D eigenvalue weighted by Gasteiger charge is -2.30. The molecule has 1 aromatic heterocycles. The molecule has 41 heteroatoms. The summed E-state index contributed by atoms with van der Waals surface area (Å²) in [5.74, 6) is -27.5. The molecule has 1 aliphatic heterocycles. The third-order valence-corrected chi connectivity index (χ3v) is 17.5. The van der Waals surface area contributed by atoms with E-state index in [0.717, 1.165) is 52.9 Å². The number of aromatic nitrogens is 1. The van der Waals surface area contributed by atoms with Gasteiger partial charge in [-0.15, -0.1) is 0 Å². The van der Waals surface area contributed by atoms with Gasteiger partial charge in [0.25, 0.3) is 0 Å². The number of para-hydroxylation sites is 1. The quantitative estimate of drug-likeness (QED) is 0.0196. The summed E-state index contributed by atoms with van der Waals surface area (Å²) in [5.41, 5.74) is 12.8. The molecule has 0 radical (unpaired) electrons. The lowest BCUT2D eigenvalue weighted by molar-refractivity contribution is -0.156. The van der Waals surface area contributed by atoms with Crippen LogP contribution in [0.25, 0.3) is 10.9 Å². The maximum Gasteiger partial charge on any atom is 0.329 e. The minimum atomic E-state index is -2.34. The number of H-pyrrole nitrogens is 1. The van der Waals surface area contributed by atoms with Crippen molar-refractivity contribution in [1.29, 1.82) is 0 Å². The number of aromatic amines is 1. The maximum absolute atomic E-state index is 14.8. The second kappa shape index (κ2) is 47.0. The highest BCUT2D eigenvalue weighted by atomic mass is 16.5. The number of hydrogen-bond acceptors (Lipinski definition) is 22. The predicted octanol–water partition coefficient (Wildman–Crippen LogP) is -5.23. The van der Waals surface area contributed by atoms with Gasteiger partial charge in [0.05, 0.1) is 51.8 Å². The molecule has 14 amide bonds. The van der Waals surface area contributed by atoms with Crippen LogP contribution < -0.4 is 80.6 Å². The van der Waals surface area contributed by atoms with E-state index in [-0.39, 0.29) is 37.8 Å². The number of aliphatic carboxylic acids is 4.